The van der Waals surface area contributed by atoms with Gasteiger partial charge in [0.1, 0.15) is 11.6 Å². The van der Waals surface area contributed by atoms with Crippen molar-refractivity contribution in [3.05, 3.63) is 46.9 Å². The van der Waals surface area contributed by atoms with Gasteiger partial charge in [-0.3, -0.25) is 4.31 Å². The van der Waals surface area contributed by atoms with E-state index in [0.29, 0.717) is 40.2 Å². The lowest BCUT2D eigenvalue weighted by Gasteiger charge is -2.21. The van der Waals surface area contributed by atoms with Gasteiger partial charge in [0.25, 0.3) is 0 Å². The van der Waals surface area contributed by atoms with E-state index in [1.54, 1.807) is 12.1 Å². The predicted octanol–water partition coefficient (Wildman–Crippen LogP) is 3.12. The molecule has 1 aromatic carbocycles. The van der Waals surface area contributed by atoms with Crippen molar-refractivity contribution in [2.24, 2.45) is 0 Å². The molecule has 27 heavy (non-hydrogen) atoms. The molecule has 3 rings (SSSR count). The van der Waals surface area contributed by atoms with Crippen molar-refractivity contribution in [3.63, 3.8) is 0 Å². The number of aromatic nitrogens is 1. The summed E-state index contributed by atoms with van der Waals surface area (Å²) < 4.78 is 44.0. The Hall–Kier alpha value is -2.48. The van der Waals surface area contributed by atoms with Crippen molar-refractivity contribution in [2.45, 2.75) is 26.2 Å². The molecule has 144 valence electrons. The van der Waals surface area contributed by atoms with Gasteiger partial charge in [-0.2, -0.15) is 0 Å². The zero-order chi connectivity index (χ0) is 19.9. The van der Waals surface area contributed by atoms with E-state index in [0.717, 1.165) is 6.26 Å². The Morgan fingerprint density at radius 1 is 1.26 bits per heavy atom. The fourth-order valence-electron chi connectivity index (χ4n) is 3.38. The lowest BCUT2D eigenvalue weighted by molar-refractivity contribution is 0.0599. The minimum atomic E-state index is -3.51. The van der Waals surface area contributed by atoms with E-state index < -0.39 is 21.8 Å². The molecule has 0 N–H and O–H groups in total. The number of anilines is 1. The van der Waals surface area contributed by atoms with Crippen LogP contribution in [0, 0.1) is 5.82 Å². The van der Waals surface area contributed by atoms with E-state index in [1.165, 1.54) is 23.5 Å². The number of benzene rings is 1. The number of pyridine rings is 1. The van der Waals surface area contributed by atoms with Gasteiger partial charge in [0.15, 0.2) is 0 Å². The minimum absolute atomic E-state index is 0.148. The third-order valence-electron chi connectivity index (χ3n) is 4.57. The molecule has 2 aromatic rings. The molecule has 0 atom stereocenters. The van der Waals surface area contributed by atoms with Crippen LogP contribution in [0.1, 0.15) is 41.4 Å². The van der Waals surface area contributed by atoms with Crippen LogP contribution in [-0.4, -0.2) is 39.3 Å². The SMILES string of the molecule is COC(=O)c1c(C(C)C)nc2c(c1-c1ccc(F)cc1)CCN2S(C)(=O)=O. The summed E-state index contributed by atoms with van der Waals surface area (Å²) >= 11 is 0. The second kappa shape index (κ2) is 6.92. The average Bonchev–Trinajstić information content (AvgIpc) is 3.04. The van der Waals surface area contributed by atoms with Crippen LogP contribution >= 0.6 is 0 Å². The Morgan fingerprint density at radius 2 is 1.89 bits per heavy atom. The molecule has 0 saturated heterocycles. The van der Waals surface area contributed by atoms with Crippen molar-refractivity contribution >= 4 is 21.8 Å². The summed E-state index contributed by atoms with van der Waals surface area (Å²) in [6.07, 6.45) is 1.54. The Kier molecular flexibility index (Phi) is 4.94. The summed E-state index contributed by atoms with van der Waals surface area (Å²) in [7, 11) is -2.22. The molecule has 0 fully saturated rings. The molecular weight excluding hydrogens is 371 g/mol. The van der Waals surface area contributed by atoms with E-state index >= 15 is 0 Å². The van der Waals surface area contributed by atoms with Crippen molar-refractivity contribution in [2.75, 3.05) is 24.2 Å². The molecule has 0 radical (unpaired) electrons. The number of fused-ring (bicyclic) bond motifs is 1. The van der Waals surface area contributed by atoms with E-state index in [4.69, 9.17) is 4.74 Å². The van der Waals surface area contributed by atoms with Gasteiger partial charge in [0, 0.05) is 17.7 Å². The molecule has 8 heteroatoms. The normalized spacial score (nSPS) is 13.8. The molecule has 0 aliphatic carbocycles. The first kappa shape index (κ1) is 19.3. The predicted molar refractivity (Wildman–Crippen MR) is 101 cm³/mol. The van der Waals surface area contributed by atoms with Crippen LogP contribution in [0.3, 0.4) is 0 Å². The van der Waals surface area contributed by atoms with Crippen LogP contribution in [-0.2, 0) is 21.2 Å². The summed E-state index contributed by atoms with van der Waals surface area (Å²) in [5.74, 6) is -0.768. The highest BCUT2D eigenvalue weighted by atomic mass is 32.2. The molecule has 0 bridgehead atoms. The molecule has 1 aliphatic heterocycles. The fourth-order valence-corrected chi connectivity index (χ4v) is 4.26. The van der Waals surface area contributed by atoms with E-state index in [1.807, 2.05) is 13.8 Å². The lowest BCUT2D eigenvalue weighted by atomic mass is 9.90. The number of esters is 1. The zero-order valence-corrected chi connectivity index (χ0v) is 16.4. The highest BCUT2D eigenvalue weighted by Gasteiger charge is 2.35. The average molecular weight is 392 g/mol. The first-order chi connectivity index (χ1) is 12.6. The molecule has 0 saturated carbocycles. The number of nitrogens with zero attached hydrogens (tertiary/aromatic N) is 2. The van der Waals surface area contributed by atoms with E-state index in [-0.39, 0.29) is 12.5 Å². The van der Waals surface area contributed by atoms with E-state index in [2.05, 4.69) is 4.98 Å². The van der Waals surface area contributed by atoms with Gasteiger partial charge in [-0.25, -0.2) is 22.6 Å². The van der Waals surface area contributed by atoms with Gasteiger partial charge >= 0.3 is 5.97 Å². The quantitative estimate of drug-likeness (QED) is 0.747. The number of halogens is 1. The largest absolute Gasteiger partial charge is 0.465 e. The van der Waals surface area contributed by atoms with Crippen LogP contribution in [0.15, 0.2) is 24.3 Å². The Bertz CT molecular complexity index is 1000. The molecule has 6 nitrogen and oxygen atoms in total. The number of methoxy groups -OCH3 is 1. The third kappa shape index (κ3) is 3.41. The topological polar surface area (TPSA) is 76.6 Å². The third-order valence-corrected chi connectivity index (χ3v) is 5.73. The standard InChI is InChI=1S/C19H21FN2O4S/c1-11(2)17-16(19(23)26-3)15(12-5-7-13(20)8-6-12)14-9-10-22(18(14)21-17)27(4,24)25/h5-8,11H,9-10H2,1-4H3. The number of rotatable bonds is 4. The molecule has 1 aliphatic rings. The first-order valence-electron chi connectivity index (χ1n) is 8.53. The lowest BCUT2D eigenvalue weighted by Crippen LogP contribution is -2.28. The fraction of sp³-hybridized carbons (Fsp3) is 0.368. The van der Waals surface area contributed by atoms with Gasteiger partial charge in [-0.15, -0.1) is 0 Å². The molecule has 0 unspecified atom stereocenters. The highest BCUT2D eigenvalue weighted by molar-refractivity contribution is 7.92. The molecular formula is C19H21FN2O4S. The minimum Gasteiger partial charge on any atom is -0.465 e. The Morgan fingerprint density at radius 3 is 2.41 bits per heavy atom. The summed E-state index contributed by atoms with van der Waals surface area (Å²) in [5.41, 5.74) is 2.58. The van der Waals surface area contributed by atoms with Gasteiger partial charge in [0.2, 0.25) is 10.0 Å². The van der Waals surface area contributed by atoms with Gasteiger partial charge in [-0.1, -0.05) is 26.0 Å². The van der Waals surface area contributed by atoms with Crippen LogP contribution in [0.5, 0.6) is 0 Å². The van der Waals surface area contributed by atoms with Crippen molar-refractivity contribution in [1.82, 2.24) is 4.98 Å². The first-order valence-corrected chi connectivity index (χ1v) is 10.4. The molecule has 0 amide bonds. The highest BCUT2D eigenvalue weighted by Crippen LogP contribution is 2.41. The second-order valence-corrected chi connectivity index (χ2v) is 8.69. The van der Waals surface area contributed by atoms with Crippen LogP contribution in [0.25, 0.3) is 11.1 Å². The number of ether oxygens (including phenoxy) is 1. The monoisotopic (exact) mass is 392 g/mol. The molecule has 1 aromatic heterocycles. The van der Waals surface area contributed by atoms with Gasteiger partial charge < -0.3 is 4.74 Å². The van der Waals surface area contributed by atoms with Crippen molar-refractivity contribution in [1.29, 1.82) is 0 Å². The maximum absolute atomic E-state index is 13.4. The summed E-state index contributed by atoms with van der Waals surface area (Å²) in [6.45, 7) is 3.99. The summed E-state index contributed by atoms with van der Waals surface area (Å²) in [4.78, 5) is 17.2. The Labute approximate surface area is 158 Å². The molecule has 2 heterocycles. The number of hydrogen-bond donors (Lipinski definition) is 0. The van der Waals surface area contributed by atoms with Crippen molar-refractivity contribution < 1.29 is 22.3 Å². The second-order valence-electron chi connectivity index (χ2n) is 6.79. The van der Waals surface area contributed by atoms with Crippen LogP contribution in [0.4, 0.5) is 10.2 Å². The number of hydrogen-bond acceptors (Lipinski definition) is 5. The van der Waals surface area contributed by atoms with E-state index in [9.17, 15) is 17.6 Å². The molecule has 0 spiro atoms. The van der Waals surface area contributed by atoms with Gasteiger partial charge in [0.05, 0.1) is 24.6 Å². The smallest absolute Gasteiger partial charge is 0.340 e. The Balaban J connectivity index is 2.41. The van der Waals surface area contributed by atoms with Crippen LogP contribution in [0.2, 0.25) is 0 Å². The van der Waals surface area contributed by atoms with Gasteiger partial charge in [-0.05, 0) is 30.0 Å². The summed E-state index contributed by atoms with van der Waals surface area (Å²) in [5, 5.41) is 0. The number of carbonyl (C=O) groups is 1. The maximum atomic E-state index is 13.4. The van der Waals surface area contributed by atoms with Crippen LogP contribution < -0.4 is 4.31 Å². The number of sulfonamides is 1. The van der Waals surface area contributed by atoms with Crippen molar-refractivity contribution in [3.8, 4) is 11.1 Å². The maximum Gasteiger partial charge on any atom is 0.340 e. The number of carbonyl (C=O) groups excluding carboxylic acids is 1. The summed E-state index contributed by atoms with van der Waals surface area (Å²) in [6, 6.07) is 5.76. The zero-order valence-electron chi connectivity index (χ0n) is 15.6.